The average molecular weight is 225 g/mol. The first-order chi connectivity index (χ1) is 7.20. The van der Waals surface area contributed by atoms with E-state index in [4.69, 9.17) is 9.84 Å². The van der Waals surface area contributed by atoms with Crippen molar-refractivity contribution in [2.45, 2.75) is 26.2 Å². The molecule has 0 aromatic heterocycles. The van der Waals surface area contributed by atoms with E-state index in [-0.39, 0.29) is 19.7 Å². The second-order valence-electron chi connectivity index (χ2n) is 3.38. The van der Waals surface area contributed by atoms with Gasteiger partial charge in [-0.2, -0.15) is 0 Å². The Kier molecular flexibility index (Phi) is 10.1. The third-order valence-corrected chi connectivity index (χ3v) is 2.01. The second kappa shape index (κ2) is 10.3. The van der Waals surface area contributed by atoms with Crippen LogP contribution in [0.5, 0.6) is 0 Å². The standard InChI is InChI=1S/C10H21F2NO2/c1-2-3-7-15-8-5-13(4-6-14)9-10(11)12/h10,14H,2-9H2,1H3. The molecule has 0 saturated carbocycles. The van der Waals surface area contributed by atoms with E-state index >= 15 is 0 Å². The summed E-state index contributed by atoms with van der Waals surface area (Å²) in [5.41, 5.74) is 0. The molecule has 0 bridgehead atoms. The lowest BCUT2D eigenvalue weighted by molar-refractivity contribution is 0.0508. The molecule has 5 heteroatoms. The smallest absolute Gasteiger partial charge is 0.251 e. The highest BCUT2D eigenvalue weighted by Crippen LogP contribution is 1.98. The van der Waals surface area contributed by atoms with Gasteiger partial charge in [-0.3, -0.25) is 4.90 Å². The van der Waals surface area contributed by atoms with Crippen LogP contribution < -0.4 is 0 Å². The number of hydrogen-bond acceptors (Lipinski definition) is 3. The summed E-state index contributed by atoms with van der Waals surface area (Å²) in [6.07, 6.45) is -0.293. The summed E-state index contributed by atoms with van der Waals surface area (Å²) in [7, 11) is 0. The fourth-order valence-corrected chi connectivity index (χ4v) is 1.17. The summed E-state index contributed by atoms with van der Waals surface area (Å²) in [5, 5.41) is 8.66. The molecule has 0 fully saturated rings. The Morgan fingerprint density at radius 2 is 2.00 bits per heavy atom. The molecule has 0 atom stereocenters. The number of nitrogens with zero attached hydrogens (tertiary/aromatic N) is 1. The Labute approximate surface area is 90.0 Å². The first-order valence-electron chi connectivity index (χ1n) is 5.39. The van der Waals surface area contributed by atoms with Gasteiger partial charge in [-0.1, -0.05) is 13.3 Å². The van der Waals surface area contributed by atoms with Gasteiger partial charge in [0.2, 0.25) is 0 Å². The third-order valence-electron chi connectivity index (χ3n) is 2.01. The number of aliphatic hydroxyl groups excluding tert-OH is 1. The average Bonchev–Trinajstić information content (AvgIpc) is 2.17. The first kappa shape index (κ1) is 14.7. The molecule has 0 radical (unpaired) electrons. The van der Waals surface area contributed by atoms with E-state index in [9.17, 15) is 8.78 Å². The van der Waals surface area contributed by atoms with E-state index < -0.39 is 6.43 Å². The van der Waals surface area contributed by atoms with Crippen molar-refractivity contribution >= 4 is 0 Å². The first-order valence-corrected chi connectivity index (χ1v) is 5.39. The monoisotopic (exact) mass is 225 g/mol. The fourth-order valence-electron chi connectivity index (χ4n) is 1.17. The van der Waals surface area contributed by atoms with E-state index in [1.54, 1.807) is 0 Å². The van der Waals surface area contributed by atoms with Crippen LogP contribution >= 0.6 is 0 Å². The molecular weight excluding hydrogens is 204 g/mol. The summed E-state index contributed by atoms with van der Waals surface area (Å²) < 4.78 is 29.4. The highest BCUT2D eigenvalue weighted by molar-refractivity contribution is 4.58. The number of hydrogen-bond donors (Lipinski definition) is 1. The van der Waals surface area contributed by atoms with E-state index in [1.807, 2.05) is 0 Å². The number of alkyl halides is 2. The van der Waals surface area contributed by atoms with E-state index in [2.05, 4.69) is 6.92 Å². The fraction of sp³-hybridized carbons (Fsp3) is 1.00. The number of rotatable bonds is 10. The zero-order valence-corrected chi connectivity index (χ0v) is 9.29. The van der Waals surface area contributed by atoms with Gasteiger partial charge in [-0.15, -0.1) is 0 Å². The van der Waals surface area contributed by atoms with Gasteiger partial charge in [-0.05, 0) is 6.42 Å². The van der Waals surface area contributed by atoms with Crippen LogP contribution in [0, 0.1) is 0 Å². The van der Waals surface area contributed by atoms with Gasteiger partial charge >= 0.3 is 0 Å². The van der Waals surface area contributed by atoms with Crippen molar-refractivity contribution in [2.75, 3.05) is 39.5 Å². The summed E-state index contributed by atoms with van der Waals surface area (Å²) in [5.74, 6) is 0. The third kappa shape index (κ3) is 10.0. The summed E-state index contributed by atoms with van der Waals surface area (Å²) >= 11 is 0. The van der Waals surface area contributed by atoms with Gasteiger partial charge in [0.25, 0.3) is 6.43 Å². The number of ether oxygens (including phenoxy) is 1. The van der Waals surface area contributed by atoms with Crippen LogP contribution in [0.4, 0.5) is 8.78 Å². The maximum Gasteiger partial charge on any atom is 0.251 e. The predicted molar refractivity (Wildman–Crippen MR) is 55.3 cm³/mol. The van der Waals surface area contributed by atoms with Gasteiger partial charge in [0, 0.05) is 19.7 Å². The van der Waals surface area contributed by atoms with Gasteiger partial charge in [0.05, 0.1) is 19.8 Å². The SMILES string of the molecule is CCCCOCCN(CCO)CC(F)F. The highest BCUT2D eigenvalue weighted by atomic mass is 19.3. The van der Waals surface area contributed by atoms with Crippen molar-refractivity contribution in [3.8, 4) is 0 Å². The Balaban J connectivity index is 3.47. The molecule has 0 amide bonds. The number of halogens is 2. The molecule has 0 aromatic rings. The lowest BCUT2D eigenvalue weighted by Gasteiger charge is -2.20. The molecule has 0 aliphatic rings. The Morgan fingerprint density at radius 3 is 2.53 bits per heavy atom. The zero-order valence-electron chi connectivity index (χ0n) is 9.29. The lowest BCUT2D eigenvalue weighted by atomic mass is 10.4. The molecule has 92 valence electrons. The Morgan fingerprint density at radius 1 is 1.27 bits per heavy atom. The molecule has 1 N–H and O–H groups in total. The highest BCUT2D eigenvalue weighted by Gasteiger charge is 2.10. The summed E-state index contributed by atoms with van der Waals surface area (Å²) in [6, 6.07) is 0. The van der Waals surface area contributed by atoms with Crippen LogP contribution in [-0.4, -0.2) is 55.9 Å². The largest absolute Gasteiger partial charge is 0.395 e. The topological polar surface area (TPSA) is 32.7 Å². The van der Waals surface area contributed by atoms with Crippen LogP contribution in [0.2, 0.25) is 0 Å². The molecule has 0 spiro atoms. The summed E-state index contributed by atoms with van der Waals surface area (Å²) in [6.45, 7) is 3.54. The molecule has 0 aliphatic carbocycles. The van der Waals surface area contributed by atoms with Crippen molar-refractivity contribution in [1.82, 2.24) is 4.90 Å². The van der Waals surface area contributed by atoms with Gasteiger partial charge in [0.15, 0.2) is 0 Å². The molecule has 3 nitrogen and oxygen atoms in total. The second-order valence-corrected chi connectivity index (χ2v) is 3.38. The molecule has 0 unspecified atom stereocenters. The minimum absolute atomic E-state index is 0.0956. The molecular formula is C10H21F2NO2. The van der Waals surface area contributed by atoms with Crippen molar-refractivity contribution in [1.29, 1.82) is 0 Å². The van der Waals surface area contributed by atoms with Gasteiger partial charge < -0.3 is 9.84 Å². The zero-order chi connectivity index (χ0) is 11.5. The van der Waals surface area contributed by atoms with Crippen LogP contribution in [-0.2, 0) is 4.74 Å². The quantitative estimate of drug-likeness (QED) is 0.570. The molecule has 0 saturated heterocycles. The molecule has 0 aliphatic heterocycles. The number of unbranched alkanes of at least 4 members (excludes halogenated alkanes) is 1. The normalized spacial score (nSPS) is 11.6. The maximum absolute atomic E-state index is 12.1. The van der Waals surface area contributed by atoms with Crippen LogP contribution in [0.25, 0.3) is 0 Å². The number of aliphatic hydroxyl groups is 1. The van der Waals surface area contributed by atoms with Gasteiger partial charge in [-0.25, -0.2) is 8.78 Å². The molecule has 0 aromatic carbocycles. The lowest BCUT2D eigenvalue weighted by Crippen LogP contribution is -2.34. The molecule has 0 rings (SSSR count). The van der Waals surface area contributed by atoms with Crippen molar-refractivity contribution in [3.05, 3.63) is 0 Å². The van der Waals surface area contributed by atoms with E-state index in [0.717, 1.165) is 12.8 Å². The Hall–Kier alpha value is -0.260. The minimum Gasteiger partial charge on any atom is -0.395 e. The van der Waals surface area contributed by atoms with Crippen molar-refractivity contribution in [2.24, 2.45) is 0 Å². The summed E-state index contributed by atoms with van der Waals surface area (Å²) in [4.78, 5) is 1.51. The predicted octanol–water partition coefficient (Wildman–Crippen LogP) is 1.36. The van der Waals surface area contributed by atoms with E-state index in [0.29, 0.717) is 19.8 Å². The van der Waals surface area contributed by atoms with Gasteiger partial charge in [0.1, 0.15) is 0 Å². The van der Waals surface area contributed by atoms with Crippen molar-refractivity contribution in [3.63, 3.8) is 0 Å². The van der Waals surface area contributed by atoms with Crippen LogP contribution in [0.15, 0.2) is 0 Å². The maximum atomic E-state index is 12.1. The van der Waals surface area contributed by atoms with Crippen molar-refractivity contribution < 1.29 is 18.6 Å². The Bertz CT molecular complexity index is 137. The van der Waals surface area contributed by atoms with Crippen LogP contribution in [0.1, 0.15) is 19.8 Å². The molecule has 15 heavy (non-hydrogen) atoms. The van der Waals surface area contributed by atoms with E-state index in [1.165, 1.54) is 4.90 Å². The molecule has 0 heterocycles. The van der Waals surface area contributed by atoms with Crippen LogP contribution in [0.3, 0.4) is 0 Å². The minimum atomic E-state index is -2.35.